The van der Waals surface area contributed by atoms with Crippen LogP contribution in [0.2, 0.25) is 0 Å². The number of aromatic nitrogens is 2. The number of aryl methyl sites for hydroxylation is 2. The Bertz CT molecular complexity index is 430. The third-order valence-corrected chi connectivity index (χ3v) is 4.31. The predicted molar refractivity (Wildman–Crippen MR) is 75.0 cm³/mol. The van der Waals surface area contributed by atoms with E-state index in [1.807, 2.05) is 25.1 Å². The molecule has 1 aliphatic heterocycles. The summed E-state index contributed by atoms with van der Waals surface area (Å²) in [5.74, 6) is 0.131. The zero-order valence-corrected chi connectivity index (χ0v) is 12.6. The first-order valence-corrected chi connectivity index (χ1v) is 7.63. The monoisotopic (exact) mass is 313 g/mol. The highest BCUT2D eigenvalue weighted by atomic mass is 79.9. The van der Waals surface area contributed by atoms with E-state index in [1.54, 1.807) is 4.68 Å². The van der Waals surface area contributed by atoms with Crippen LogP contribution in [0, 0.1) is 6.92 Å². The summed E-state index contributed by atoms with van der Waals surface area (Å²) < 4.78 is 1.71. The summed E-state index contributed by atoms with van der Waals surface area (Å²) >= 11 is 3.54. The van der Waals surface area contributed by atoms with Gasteiger partial charge in [-0.15, -0.1) is 0 Å². The fourth-order valence-electron chi connectivity index (χ4n) is 2.57. The maximum Gasteiger partial charge on any atom is 0.257 e. The Balaban J connectivity index is 2.22. The molecule has 1 aromatic rings. The van der Waals surface area contributed by atoms with E-state index in [0.29, 0.717) is 6.04 Å². The Morgan fingerprint density at radius 3 is 2.89 bits per heavy atom. The highest BCUT2D eigenvalue weighted by Crippen LogP contribution is 2.21. The topological polar surface area (TPSA) is 38.1 Å². The molecule has 1 atom stereocenters. The highest BCUT2D eigenvalue weighted by molar-refractivity contribution is 9.09. The van der Waals surface area contributed by atoms with Crippen molar-refractivity contribution < 1.29 is 4.79 Å². The second-order valence-electron chi connectivity index (χ2n) is 4.96. The average molecular weight is 314 g/mol. The Morgan fingerprint density at radius 2 is 2.28 bits per heavy atom. The van der Waals surface area contributed by atoms with Gasteiger partial charge < -0.3 is 4.90 Å². The van der Waals surface area contributed by atoms with Crippen LogP contribution in [0.1, 0.15) is 41.7 Å². The van der Waals surface area contributed by atoms with E-state index in [0.717, 1.165) is 36.0 Å². The van der Waals surface area contributed by atoms with E-state index in [9.17, 15) is 4.79 Å². The molecule has 1 unspecified atom stereocenters. The molecule has 0 bridgehead atoms. The minimum absolute atomic E-state index is 0.131. The first kappa shape index (κ1) is 13.6. The lowest BCUT2D eigenvalue weighted by atomic mass is 10.1. The SMILES string of the molecule is Cc1nn(C)cc1C(=O)N1CCCCCC1CBr. The molecule has 0 spiro atoms. The largest absolute Gasteiger partial charge is 0.335 e. The van der Waals surface area contributed by atoms with Gasteiger partial charge in [0.05, 0.1) is 11.3 Å². The Kier molecular flexibility index (Phi) is 4.43. The lowest BCUT2D eigenvalue weighted by molar-refractivity contribution is 0.0701. The number of halogens is 1. The molecule has 0 N–H and O–H groups in total. The summed E-state index contributed by atoms with van der Waals surface area (Å²) in [5, 5.41) is 5.12. The molecule has 2 heterocycles. The first-order chi connectivity index (χ1) is 8.63. The number of likely N-dealkylation sites (tertiary alicyclic amines) is 1. The highest BCUT2D eigenvalue weighted by Gasteiger charge is 2.27. The summed E-state index contributed by atoms with van der Waals surface area (Å²) in [5.41, 5.74) is 1.56. The minimum Gasteiger partial charge on any atom is -0.335 e. The van der Waals surface area contributed by atoms with E-state index in [-0.39, 0.29) is 5.91 Å². The number of carbonyl (C=O) groups excluding carboxylic acids is 1. The van der Waals surface area contributed by atoms with Crippen LogP contribution < -0.4 is 0 Å². The van der Waals surface area contributed by atoms with Gasteiger partial charge in [0, 0.05) is 31.2 Å². The molecule has 18 heavy (non-hydrogen) atoms. The van der Waals surface area contributed by atoms with E-state index in [1.165, 1.54) is 12.8 Å². The summed E-state index contributed by atoms with van der Waals surface area (Å²) in [7, 11) is 1.86. The molecule has 1 amide bonds. The summed E-state index contributed by atoms with van der Waals surface area (Å²) in [6.07, 6.45) is 6.46. The zero-order chi connectivity index (χ0) is 13.1. The molecule has 0 aromatic carbocycles. The van der Waals surface area contributed by atoms with E-state index in [4.69, 9.17) is 0 Å². The normalized spacial score (nSPS) is 20.8. The molecule has 1 aliphatic rings. The van der Waals surface area contributed by atoms with Crippen LogP contribution in [-0.4, -0.2) is 38.5 Å². The molecule has 1 fully saturated rings. The van der Waals surface area contributed by atoms with Crippen molar-refractivity contribution in [3.05, 3.63) is 17.5 Å². The van der Waals surface area contributed by atoms with Gasteiger partial charge in [0.1, 0.15) is 0 Å². The Labute approximate surface area is 116 Å². The van der Waals surface area contributed by atoms with E-state index in [2.05, 4.69) is 21.0 Å². The number of alkyl halides is 1. The number of rotatable bonds is 2. The molecule has 2 rings (SSSR count). The van der Waals surface area contributed by atoms with Crippen LogP contribution in [0.15, 0.2) is 6.20 Å². The number of hydrogen-bond acceptors (Lipinski definition) is 2. The van der Waals surface area contributed by atoms with Gasteiger partial charge in [-0.2, -0.15) is 5.10 Å². The van der Waals surface area contributed by atoms with Crippen molar-refractivity contribution in [1.29, 1.82) is 0 Å². The molecule has 0 aliphatic carbocycles. The number of amides is 1. The molecular formula is C13H20BrN3O. The molecule has 0 saturated carbocycles. The van der Waals surface area contributed by atoms with Gasteiger partial charge in [0.25, 0.3) is 5.91 Å². The lowest BCUT2D eigenvalue weighted by Gasteiger charge is -2.28. The van der Waals surface area contributed by atoms with Gasteiger partial charge in [-0.1, -0.05) is 28.8 Å². The number of nitrogens with zero attached hydrogens (tertiary/aromatic N) is 3. The molecule has 1 aromatic heterocycles. The zero-order valence-electron chi connectivity index (χ0n) is 11.0. The third-order valence-electron chi connectivity index (χ3n) is 3.56. The van der Waals surface area contributed by atoms with Crippen molar-refractivity contribution >= 4 is 21.8 Å². The van der Waals surface area contributed by atoms with Crippen LogP contribution in [0.4, 0.5) is 0 Å². The number of hydrogen-bond donors (Lipinski definition) is 0. The van der Waals surface area contributed by atoms with Gasteiger partial charge in [-0.05, 0) is 19.8 Å². The smallest absolute Gasteiger partial charge is 0.257 e. The fourth-order valence-corrected chi connectivity index (χ4v) is 3.24. The molecule has 5 heteroatoms. The van der Waals surface area contributed by atoms with E-state index >= 15 is 0 Å². The summed E-state index contributed by atoms with van der Waals surface area (Å²) in [4.78, 5) is 14.6. The molecule has 4 nitrogen and oxygen atoms in total. The molecular weight excluding hydrogens is 294 g/mol. The lowest BCUT2D eigenvalue weighted by Crippen LogP contribution is -2.41. The predicted octanol–water partition coefficient (Wildman–Crippen LogP) is 2.51. The molecule has 0 radical (unpaired) electrons. The summed E-state index contributed by atoms with van der Waals surface area (Å²) in [6.45, 7) is 2.76. The quantitative estimate of drug-likeness (QED) is 0.787. The Morgan fingerprint density at radius 1 is 1.50 bits per heavy atom. The maximum absolute atomic E-state index is 12.6. The minimum atomic E-state index is 0.131. The van der Waals surface area contributed by atoms with Crippen LogP contribution in [0.3, 0.4) is 0 Å². The van der Waals surface area contributed by atoms with Crippen molar-refractivity contribution in [2.45, 2.75) is 38.6 Å². The van der Waals surface area contributed by atoms with Crippen molar-refractivity contribution in [2.75, 3.05) is 11.9 Å². The average Bonchev–Trinajstić information content (AvgIpc) is 2.56. The van der Waals surface area contributed by atoms with Crippen LogP contribution in [0.5, 0.6) is 0 Å². The van der Waals surface area contributed by atoms with Crippen molar-refractivity contribution in [2.24, 2.45) is 7.05 Å². The van der Waals surface area contributed by atoms with Gasteiger partial charge in [-0.25, -0.2) is 0 Å². The van der Waals surface area contributed by atoms with Crippen molar-refractivity contribution in [3.8, 4) is 0 Å². The van der Waals surface area contributed by atoms with Crippen LogP contribution >= 0.6 is 15.9 Å². The second kappa shape index (κ2) is 5.87. The first-order valence-electron chi connectivity index (χ1n) is 6.50. The number of carbonyl (C=O) groups is 1. The maximum atomic E-state index is 12.6. The van der Waals surface area contributed by atoms with Gasteiger partial charge in [-0.3, -0.25) is 9.48 Å². The summed E-state index contributed by atoms with van der Waals surface area (Å²) in [6, 6.07) is 0.319. The Hall–Kier alpha value is -0.840. The molecule has 1 saturated heterocycles. The fraction of sp³-hybridized carbons (Fsp3) is 0.692. The van der Waals surface area contributed by atoms with Gasteiger partial charge >= 0.3 is 0 Å². The van der Waals surface area contributed by atoms with Gasteiger partial charge in [0.2, 0.25) is 0 Å². The second-order valence-corrected chi connectivity index (χ2v) is 5.61. The van der Waals surface area contributed by atoms with E-state index < -0.39 is 0 Å². The van der Waals surface area contributed by atoms with Crippen molar-refractivity contribution in [1.82, 2.24) is 14.7 Å². The van der Waals surface area contributed by atoms with Crippen molar-refractivity contribution in [3.63, 3.8) is 0 Å². The van der Waals surface area contributed by atoms with Crippen LogP contribution in [-0.2, 0) is 7.05 Å². The van der Waals surface area contributed by atoms with Gasteiger partial charge in [0.15, 0.2) is 0 Å². The van der Waals surface area contributed by atoms with Crippen LogP contribution in [0.25, 0.3) is 0 Å². The third kappa shape index (κ3) is 2.76. The molecule has 100 valence electrons. The standard InChI is InChI=1S/C13H20BrN3O/c1-10-12(9-16(2)15-10)13(18)17-7-5-3-4-6-11(17)8-14/h9,11H,3-8H2,1-2H3.